The maximum atomic E-state index is 13.3. The smallest absolute Gasteiger partial charge is 0.431 e. The number of tetrazole rings is 1. The third-order valence-electron chi connectivity index (χ3n) is 8.02. The van der Waals surface area contributed by atoms with Gasteiger partial charge in [0.05, 0.1) is 6.20 Å². The number of fused-ring (bicyclic) bond motifs is 1. The van der Waals surface area contributed by atoms with Crippen LogP contribution in [-0.4, -0.2) is 59.3 Å². The van der Waals surface area contributed by atoms with Gasteiger partial charge in [0.1, 0.15) is 11.7 Å². The molecule has 13 heteroatoms. The van der Waals surface area contributed by atoms with Gasteiger partial charge in [-0.05, 0) is 54.0 Å². The van der Waals surface area contributed by atoms with Crippen LogP contribution >= 0.6 is 0 Å². The molecular weight excluding hydrogens is 590 g/mol. The number of hydrogen-bond acceptors (Lipinski definition) is 10. The average molecular weight is 626 g/mol. The van der Waals surface area contributed by atoms with Crippen LogP contribution in [0.4, 0.5) is 4.79 Å². The van der Waals surface area contributed by atoms with Gasteiger partial charge in [0.2, 0.25) is 12.1 Å². The van der Waals surface area contributed by atoms with Crippen LogP contribution in [0.5, 0.6) is 0 Å². The van der Waals surface area contributed by atoms with Gasteiger partial charge in [-0.25, -0.2) is 9.59 Å². The van der Waals surface area contributed by atoms with E-state index in [-0.39, 0.29) is 22.9 Å². The van der Waals surface area contributed by atoms with Crippen LogP contribution in [0.3, 0.4) is 0 Å². The lowest BCUT2D eigenvalue weighted by molar-refractivity contribution is -0.0914. The predicted molar refractivity (Wildman–Crippen MR) is 167 cm³/mol. The van der Waals surface area contributed by atoms with E-state index in [2.05, 4.69) is 25.7 Å². The molecule has 0 spiro atoms. The van der Waals surface area contributed by atoms with Crippen molar-refractivity contribution >= 4 is 17.8 Å². The summed E-state index contributed by atoms with van der Waals surface area (Å²) in [4.78, 5) is 38.9. The summed E-state index contributed by atoms with van der Waals surface area (Å²) in [7, 11) is 0. The van der Waals surface area contributed by atoms with E-state index in [0.29, 0.717) is 24.4 Å². The molecule has 0 aliphatic heterocycles. The summed E-state index contributed by atoms with van der Waals surface area (Å²) >= 11 is 0. The number of carbonyl (C=O) groups excluding carboxylic acids is 2. The number of esters is 1. The Bertz CT molecular complexity index is 1880. The Balaban J connectivity index is 1.24. The Morgan fingerprint density at radius 2 is 1.78 bits per heavy atom. The number of carbonyl (C=O) groups is 2. The molecule has 1 unspecified atom stereocenters. The Kier molecular flexibility index (Phi) is 9.18. The highest BCUT2D eigenvalue weighted by atomic mass is 16.8. The molecule has 0 bridgehead atoms. The third-order valence-corrected chi connectivity index (χ3v) is 8.02. The van der Waals surface area contributed by atoms with E-state index in [1.165, 1.54) is 17.6 Å². The van der Waals surface area contributed by atoms with Crippen LogP contribution in [0, 0.1) is 0 Å². The van der Waals surface area contributed by atoms with Crippen LogP contribution in [-0.2, 0) is 27.2 Å². The number of benzene rings is 2. The lowest BCUT2D eigenvalue weighted by atomic mass is 9.98. The van der Waals surface area contributed by atoms with Crippen LogP contribution < -0.4 is 5.56 Å². The first kappa shape index (κ1) is 30.7. The van der Waals surface area contributed by atoms with E-state index in [4.69, 9.17) is 14.2 Å². The van der Waals surface area contributed by atoms with Crippen molar-refractivity contribution in [1.82, 2.24) is 34.8 Å². The van der Waals surface area contributed by atoms with Crippen molar-refractivity contribution in [2.75, 3.05) is 0 Å². The number of ether oxygens (including phenoxy) is 3. The SMILES string of the molecule is CCCc1cn(Cc2ccc(-c3ccccc3-c3nn[nH]n3)cc2)c2c(C(=O)OC(C)OC(=O)OC3CCCCC3)cnn2c1=O. The van der Waals surface area contributed by atoms with Gasteiger partial charge in [-0.1, -0.05) is 68.3 Å². The number of H-pyrrole nitrogens is 1. The first-order valence-electron chi connectivity index (χ1n) is 15.5. The maximum absolute atomic E-state index is 13.3. The molecule has 5 aromatic rings. The third kappa shape index (κ3) is 6.67. The summed E-state index contributed by atoms with van der Waals surface area (Å²) in [5, 5.41) is 18.7. The zero-order valence-electron chi connectivity index (χ0n) is 25.7. The first-order valence-corrected chi connectivity index (χ1v) is 15.5. The summed E-state index contributed by atoms with van der Waals surface area (Å²) in [6.07, 6.45) is 6.80. The fourth-order valence-electron chi connectivity index (χ4n) is 5.83. The number of rotatable bonds is 10. The van der Waals surface area contributed by atoms with Gasteiger partial charge in [0.15, 0.2) is 5.65 Å². The van der Waals surface area contributed by atoms with Crippen molar-refractivity contribution in [2.24, 2.45) is 0 Å². The van der Waals surface area contributed by atoms with Crippen molar-refractivity contribution in [1.29, 1.82) is 0 Å². The van der Waals surface area contributed by atoms with Gasteiger partial charge in [-0.15, -0.1) is 10.2 Å². The molecule has 3 aromatic heterocycles. The standard InChI is InChI=1S/C33H35N7O6/c1-3-9-24-20-39(19-22-14-16-23(17-15-22)26-12-7-8-13-27(26)29-35-37-38-36-29)30-28(18-34-40(30)31(24)41)32(42)44-21(2)45-33(43)46-25-10-5-4-6-11-25/h7-8,12-18,20-21,25H,3-6,9-11,19H2,1-2H3,(H,35,36,37,38). The van der Waals surface area contributed by atoms with Gasteiger partial charge < -0.3 is 18.8 Å². The van der Waals surface area contributed by atoms with Gasteiger partial charge in [0, 0.05) is 30.8 Å². The molecule has 13 nitrogen and oxygen atoms in total. The Morgan fingerprint density at radius 3 is 2.50 bits per heavy atom. The second-order valence-electron chi connectivity index (χ2n) is 11.3. The fourth-order valence-corrected chi connectivity index (χ4v) is 5.83. The second-order valence-corrected chi connectivity index (χ2v) is 11.3. The summed E-state index contributed by atoms with van der Waals surface area (Å²) in [5.41, 5.74) is 4.30. The molecule has 238 valence electrons. The predicted octanol–water partition coefficient (Wildman–Crippen LogP) is 5.33. The molecule has 2 aromatic carbocycles. The zero-order valence-corrected chi connectivity index (χ0v) is 25.7. The molecule has 1 saturated carbocycles. The summed E-state index contributed by atoms with van der Waals surface area (Å²) in [6.45, 7) is 3.78. The monoisotopic (exact) mass is 625 g/mol. The van der Waals surface area contributed by atoms with E-state index < -0.39 is 18.4 Å². The van der Waals surface area contributed by atoms with Crippen LogP contribution in [0.15, 0.2) is 65.7 Å². The largest absolute Gasteiger partial charge is 0.511 e. The van der Waals surface area contributed by atoms with E-state index in [0.717, 1.165) is 60.8 Å². The molecule has 1 N–H and O–H groups in total. The van der Waals surface area contributed by atoms with Crippen molar-refractivity contribution in [2.45, 2.75) is 77.7 Å². The van der Waals surface area contributed by atoms with Crippen molar-refractivity contribution < 1.29 is 23.8 Å². The normalized spacial score (nSPS) is 14.2. The van der Waals surface area contributed by atoms with Gasteiger partial charge in [-0.3, -0.25) is 4.79 Å². The Hall–Kier alpha value is -5.33. The lowest BCUT2D eigenvalue weighted by Gasteiger charge is -2.22. The molecular formula is C33H35N7O6. The van der Waals surface area contributed by atoms with E-state index in [1.54, 1.807) is 6.20 Å². The zero-order chi connectivity index (χ0) is 32.0. The minimum Gasteiger partial charge on any atom is -0.431 e. The molecule has 46 heavy (non-hydrogen) atoms. The Labute approximate surface area is 264 Å². The highest BCUT2D eigenvalue weighted by Crippen LogP contribution is 2.30. The topological polar surface area (TPSA) is 156 Å². The van der Waals surface area contributed by atoms with Gasteiger partial charge >= 0.3 is 12.1 Å². The molecule has 0 saturated heterocycles. The highest BCUT2D eigenvalue weighted by Gasteiger charge is 2.25. The molecule has 0 radical (unpaired) electrons. The molecule has 6 rings (SSSR count). The highest BCUT2D eigenvalue weighted by molar-refractivity contribution is 5.96. The fraction of sp³-hybridized carbons (Fsp3) is 0.364. The quantitative estimate of drug-likeness (QED) is 0.159. The van der Waals surface area contributed by atoms with Crippen molar-refractivity contribution in [3.63, 3.8) is 0 Å². The van der Waals surface area contributed by atoms with Crippen molar-refractivity contribution in [3.8, 4) is 22.5 Å². The molecule has 1 aliphatic rings. The molecule has 1 fully saturated rings. The van der Waals surface area contributed by atoms with Gasteiger partial charge in [-0.2, -0.15) is 14.8 Å². The van der Waals surface area contributed by atoms with Crippen LogP contribution in [0.25, 0.3) is 28.2 Å². The number of aryl methyl sites for hydroxylation is 1. The van der Waals surface area contributed by atoms with E-state index in [1.807, 2.05) is 60.0 Å². The molecule has 0 amide bonds. The summed E-state index contributed by atoms with van der Waals surface area (Å²) < 4.78 is 19.1. The number of nitrogens with one attached hydrogen (secondary N) is 1. The summed E-state index contributed by atoms with van der Waals surface area (Å²) in [6, 6.07) is 15.8. The van der Waals surface area contributed by atoms with Crippen molar-refractivity contribution in [3.05, 3.63) is 88.0 Å². The first-order chi connectivity index (χ1) is 22.4. The average Bonchev–Trinajstić information content (AvgIpc) is 3.76. The molecule has 1 atom stereocenters. The summed E-state index contributed by atoms with van der Waals surface area (Å²) in [5.74, 6) is -0.280. The number of hydrogen-bond donors (Lipinski definition) is 1. The Morgan fingerprint density at radius 1 is 1.02 bits per heavy atom. The molecule has 1 aliphatic carbocycles. The maximum Gasteiger partial charge on any atom is 0.511 e. The number of aromatic nitrogens is 7. The van der Waals surface area contributed by atoms with Crippen LogP contribution in [0.2, 0.25) is 0 Å². The van der Waals surface area contributed by atoms with E-state index >= 15 is 0 Å². The number of aromatic amines is 1. The van der Waals surface area contributed by atoms with Crippen LogP contribution in [0.1, 0.15) is 73.9 Å². The van der Waals surface area contributed by atoms with Gasteiger partial charge in [0.25, 0.3) is 5.56 Å². The molecule has 3 heterocycles. The minimum absolute atomic E-state index is 0.0712. The number of nitrogens with zero attached hydrogens (tertiary/aromatic N) is 6. The second kappa shape index (κ2) is 13.8. The lowest BCUT2D eigenvalue weighted by Crippen LogP contribution is -2.27. The minimum atomic E-state index is -1.21. The van der Waals surface area contributed by atoms with E-state index in [9.17, 15) is 14.4 Å².